The monoisotopic (exact) mass is 350 g/mol. The van der Waals surface area contributed by atoms with Gasteiger partial charge in [0.05, 0.1) is 5.39 Å². The summed E-state index contributed by atoms with van der Waals surface area (Å²) < 4.78 is 0. The second kappa shape index (κ2) is 6.44. The largest absolute Gasteiger partial charge is 0.337 e. The van der Waals surface area contributed by atoms with Crippen molar-refractivity contribution in [3.05, 3.63) is 63.1 Å². The van der Waals surface area contributed by atoms with E-state index in [9.17, 15) is 9.59 Å². The van der Waals surface area contributed by atoms with Crippen LogP contribution >= 0.6 is 0 Å². The van der Waals surface area contributed by atoms with Crippen molar-refractivity contribution < 1.29 is 4.79 Å². The van der Waals surface area contributed by atoms with Gasteiger partial charge < -0.3 is 4.90 Å². The number of carbonyl (C=O) groups excluding carboxylic acids is 1. The lowest BCUT2D eigenvalue weighted by atomic mass is 9.88. The molecule has 3 heterocycles. The number of nitrogens with zero attached hydrogens (tertiary/aromatic N) is 2. The van der Waals surface area contributed by atoms with Gasteiger partial charge in [0.25, 0.3) is 11.5 Å². The number of piperidine rings is 1. The maximum Gasteiger partial charge on any atom is 0.273 e. The number of aromatic amines is 2. The molecule has 2 aromatic heterocycles. The van der Waals surface area contributed by atoms with Gasteiger partial charge in [-0.05, 0) is 49.4 Å². The summed E-state index contributed by atoms with van der Waals surface area (Å²) in [5.41, 5.74) is 3.96. The summed E-state index contributed by atoms with van der Waals surface area (Å²) >= 11 is 0. The van der Waals surface area contributed by atoms with Crippen LogP contribution < -0.4 is 5.56 Å². The minimum atomic E-state index is -0.207. The Morgan fingerprint density at radius 1 is 1.19 bits per heavy atom. The molecular weight excluding hydrogens is 328 g/mol. The maximum absolute atomic E-state index is 13.0. The number of carbonyl (C=O) groups is 1. The molecule has 1 fully saturated rings. The number of fused-ring (bicyclic) bond motifs is 1. The van der Waals surface area contributed by atoms with Gasteiger partial charge in [-0.3, -0.25) is 19.8 Å². The SMILES string of the molecule is Cc1ccccc1C1CCCN(C(=O)c2cc(C)c3c(=O)[nH][nH]c3n2)C1. The Kier molecular flexibility index (Phi) is 4.11. The van der Waals surface area contributed by atoms with E-state index in [1.165, 1.54) is 11.1 Å². The molecular formula is C20H22N4O2. The fourth-order valence-electron chi connectivity index (χ4n) is 3.96. The fourth-order valence-corrected chi connectivity index (χ4v) is 3.96. The average Bonchev–Trinajstić information content (AvgIpc) is 3.03. The Hall–Kier alpha value is -2.89. The predicted molar refractivity (Wildman–Crippen MR) is 101 cm³/mol. The summed E-state index contributed by atoms with van der Waals surface area (Å²) in [5.74, 6) is 0.279. The van der Waals surface area contributed by atoms with E-state index in [2.05, 4.69) is 40.3 Å². The molecule has 3 aromatic rings. The van der Waals surface area contributed by atoms with E-state index in [0.717, 1.165) is 24.9 Å². The molecule has 2 N–H and O–H groups in total. The van der Waals surface area contributed by atoms with Crippen LogP contribution in [0.2, 0.25) is 0 Å². The third-order valence-corrected chi connectivity index (χ3v) is 5.29. The molecule has 0 saturated carbocycles. The first kappa shape index (κ1) is 16.6. The second-order valence-corrected chi connectivity index (χ2v) is 7.07. The van der Waals surface area contributed by atoms with Crippen LogP contribution in [0.25, 0.3) is 11.0 Å². The van der Waals surface area contributed by atoms with Gasteiger partial charge in [0.15, 0.2) is 5.65 Å². The van der Waals surface area contributed by atoms with Crippen molar-refractivity contribution in [1.29, 1.82) is 0 Å². The zero-order valence-corrected chi connectivity index (χ0v) is 15.0. The van der Waals surface area contributed by atoms with E-state index in [1.807, 2.05) is 17.9 Å². The van der Waals surface area contributed by atoms with Crippen LogP contribution in [-0.2, 0) is 0 Å². The molecule has 6 nitrogen and oxygen atoms in total. The number of aromatic nitrogens is 3. The van der Waals surface area contributed by atoms with Crippen LogP contribution in [0.15, 0.2) is 35.1 Å². The lowest BCUT2D eigenvalue weighted by molar-refractivity contribution is 0.0701. The van der Waals surface area contributed by atoms with Crippen molar-refractivity contribution in [3.8, 4) is 0 Å². The predicted octanol–water partition coefficient (Wildman–Crippen LogP) is 2.89. The quantitative estimate of drug-likeness (QED) is 0.745. The molecule has 1 unspecified atom stereocenters. The number of amides is 1. The smallest absolute Gasteiger partial charge is 0.273 e. The lowest BCUT2D eigenvalue weighted by Gasteiger charge is -2.33. The van der Waals surface area contributed by atoms with Gasteiger partial charge in [0.2, 0.25) is 0 Å². The van der Waals surface area contributed by atoms with E-state index in [4.69, 9.17) is 0 Å². The lowest BCUT2D eigenvalue weighted by Crippen LogP contribution is -2.39. The molecule has 1 amide bonds. The molecule has 1 atom stereocenters. The number of benzene rings is 1. The van der Waals surface area contributed by atoms with E-state index < -0.39 is 0 Å². The number of nitrogens with one attached hydrogen (secondary N) is 2. The summed E-state index contributed by atoms with van der Waals surface area (Å²) in [6, 6.07) is 10.1. The molecule has 0 spiro atoms. The fraction of sp³-hybridized carbons (Fsp3) is 0.350. The van der Waals surface area contributed by atoms with Gasteiger partial charge in [0, 0.05) is 19.0 Å². The van der Waals surface area contributed by atoms with Crippen LogP contribution in [0.5, 0.6) is 0 Å². The number of pyridine rings is 1. The number of hydrogen-bond acceptors (Lipinski definition) is 3. The van der Waals surface area contributed by atoms with Crippen molar-refractivity contribution in [2.45, 2.75) is 32.6 Å². The molecule has 1 aromatic carbocycles. The molecule has 0 bridgehead atoms. The van der Waals surface area contributed by atoms with Crippen molar-refractivity contribution in [3.63, 3.8) is 0 Å². The zero-order chi connectivity index (χ0) is 18.3. The van der Waals surface area contributed by atoms with E-state index in [0.29, 0.717) is 29.2 Å². The minimum Gasteiger partial charge on any atom is -0.337 e. The van der Waals surface area contributed by atoms with Crippen molar-refractivity contribution in [2.75, 3.05) is 13.1 Å². The van der Waals surface area contributed by atoms with Gasteiger partial charge in [0.1, 0.15) is 5.69 Å². The van der Waals surface area contributed by atoms with Crippen LogP contribution in [0, 0.1) is 13.8 Å². The third kappa shape index (κ3) is 2.81. The summed E-state index contributed by atoms with van der Waals surface area (Å²) in [6.45, 7) is 5.39. The van der Waals surface area contributed by atoms with Crippen LogP contribution in [0.3, 0.4) is 0 Å². The number of H-pyrrole nitrogens is 2. The van der Waals surface area contributed by atoms with E-state index in [-0.39, 0.29) is 11.5 Å². The number of hydrogen-bond donors (Lipinski definition) is 2. The Morgan fingerprint density at radius 2 is 2.00 bits per heavy atom. The Balaban J connectivity index is 1.62. The highest BCUT2D eigenvalue weighted by Crippen LogP contribution is 2.29. The molecule has 26 heavy (non-hydrogen) atoms. The first-order valence-corrected chi connectivity index (χ1v) is 8.97. The Labute approximate surface area is 151 Å². The van der Waals surface area contributed by atoms with Gasteiger partial charge in [-0.1, -0.05) is 24.3 Å². The molecule has 1 aliphatic rings. The zero-order valence-electron chi connectivity index (χ0n) is 15.0. The maximum atomic E-state index is 13.0. The van der Waals surface area contributed by atoms with E-state index >= 15 is 0 Å². The molecule has 0 radical (unpaired) electrons. The molecule has 4 rings (SSSR count). The first-order valence-electron chi connectivity index (χ1n) is 8.97. The molecule has 1 aliphatic heterocycles. The first-order chi connectivity index (χ1) is 12.5. The number of rotatable bonds is 2. The standard InChI is InChI=1S/C20H22N4O2/c1-12-6-3-4-8-15(12)14-7-5-9-24(11-14)20(26)16-10-13(2)17-18(21-16)22-23-19(17)25/h3-4,6,8,10,14H,5,7,9,11H2,1-2H3,(H2,21,22,23,25). The Bertz CT molecular complexity index is 1030. The van der Waals surface area contributed by atoms with Gasteiger partial charge >= 0.3 is 0 Å². The van der Waals surface area contributed by atoms with Crippen molar-refractivity contribution in [2.24, 2.45) is 0 Å². The van der Waals surface area contributed by atoms with Gasteiger partial charge in [-0.2, -0.15) is 0 Å². The minimum absolute atomic E-state index is 0.0738. The van der Waals surface area contributed by atoms with Crippen LogP contribution in [0.1, 0.15) is 45.9 Å². The summed E-state index contributed by atoms with van der Waals surface area (Å²) in [5, 5.41) is 5.79. The third-order valence-electron chi connectivity index (χ3n) is 5.29. The van der Waals surface area contributed by atoms with Gasteiger partial charge in [-0.25, -0.2) is 4.98 Å². The second-order valence-electron chi connectivity index (χ2n) is 7.07. The molecule has 0 aliphatic carbocycles. The van der Waals surface area contributed by atoms with Gasteiger partial charge in [-0.15, -0.1) is 0 Å². The topological polar surface area (TPSA) is 81.9 Å². The highest BCUT2D eigenvalue weighted by atomic mass is 16.2. The van der Waals surface area contributed by atoms with E-state index in [1.54, 1.807) is 6.07 Å². The molecule has 1 saturated heterocycles. The number of aryl methyl sites for hydroxylation is 2. The van der Waals surface area contributed by atoms with Crippen LogP contribution in [-0.4, -0.2) is 39.1 Å². The van der Waals surface area contributed by atoms with Crippen molar-refractivity contribution >= 4 is 16.9 Å². The summed E-state index contributed by atoms with van der Waals surface area (Å²) in [6.07, 6.45) is 2.07. The number of likely N-dealkylation sites (tertiary alicyclic amines) is 1. The highest BCUT2D eigenvalue weighted by molar-refractivity contribution is 5.95. The Morgan fingerprint density at radius 3 is 2.81 bits per heavy atom. The average molecular weight is 350 g/mol. The summed E-state index contributed by atoms with van der Waals surface area (Å²) in [4.78, 5) is 31.1. The summed E-state index contributed by atoms with van der Waals surface area (Å²) in [7, 11) is 0. The van der Waals surface area contributed by atoms with Crippen LogP contribution in [0.4, 0.5) is 0 Å². The molecule has 6 heteroatoms. The van der Waals surface area contributed by atoms with Crippen molar-refractivity contribution in [1.82, 2.24) is 20.1 Å². The highest BCUT2D eigenvalue weighted by Gasteiger charge is 2.27. The normalized spacial score (nSPS) is 17.6. The molecule has 134 valence electrons.